The second-order valence-electron chi connectivity index (χ2n) is 5.57. The molecule has 2 rings (SSSR count). The molecule has 0 amide bonds. The minimum absolute atomic E-state index is 0.338. The quantitative estimate of drug-likeness (QED) is 0.895. The summed E-state index contributed by atoms with van der Waals surface area (Å²) in [6.07, 6.45) is 5.39. The molecule has 0 spiro atoms. The summed E-state index contributed by atoms with van der Waals surface area (Å²) >= 11 is 3.48. The van der Waals surface area contributed by atoms with Crippen LogP contribution < -0.4 is 5.32 Å². The van der Waals surface area contributed by atoms with Crippen LogP contribution in [0.1, 0.15) is 45.2 Å². The standard InChI is InChI=1S/C15H23BrN2O/c1-10(2)19-13-6-4-12(5-7-13)18-15-9-8-14(16)11(3)17-15/h8-10,12-13H,4-7H2,1-3H3,(H,17,18). The molecule has 1 aliphatic rings. The van der Waals surface area contributed by atoms with Gasteiger partial charge in [-0.05, 0) is 74.5 Å². The first kappa shape index (κ1) is 14.8. The monoisotopic (exact) mass is 326 g/mol. The predicted molar refractivity (Wildman–Crippen MR) is 82.6 cm³/mol. The lowest BCUT2D eigenvalue weighted by Gasteiger charge is -2.30. The van der Waals surface area contributed by atoms with Crippen LogP contribution in [-0.2, 0) is 4.74 Å². The molecule has 1 aliphatic carbocycles. The molecule has 1 aromatic rings. The molecule has 0 unspecified atom stereocenters. The summed E-state index contributed by atoms with van der Waals surface area (Å²) in [5, 5.41) is 3.54. The van der Waals surface area contributed by atoms with E-state index in [0.717, 1.165) is 41.7 Å². The molecule has 1 aromatic heterocycles. The van der Waals surface area contributed by atoms with E-state index < -0.39 is 0 Å². The molecule has 4 heteroatoms. The average molecular weight is 327 g/mol. The molecule has 3 nitrogen and oxygen atoms in total. The minimum atomic E-state index is 0.338. The lowest BCUT2D eigenvalue weighted by molar-refractivity contribution is -0.0133. The van der Waals surface area contributed by atoms with E-state index in [9.17, 15) is 0 Å². The van der Waals surface area contributed by atoms with E-state index in [-0.39, 0.29) is 0 Å². The lowest BCUT2D eigenvalue weighted by Crippen LogP contribution is -2.31. The largest absolute Gasteiger partial charge is 0.376 e. The second kappa shape index (κ2) is 6.71. The maximum atomic E-state index is 5.87. The summed E-state index contributed by atoms with van der Waals surface area (Å²) < 4.78 is 6.94. The normalized spacial score (nSPS) is 23.6. The van der Waals surface area contributed by atoms with Gasteiger partial charge in [0.15, 0.2) is 0 Å². The van der Waals surface area contributed by atoms with Gasteiger partial charge in [-0.1, -0.05) is 0 Å². The number of rotatable bonds is 4. The van der Waals surface area contributed by atoms with Gasteiger partial charge in [0.2, 0.25) is 0 Å². The second-order valence-corrected chi connectivity index (χ2v) is 6.42. The van der Waals surface area contributed by atoms with Gasteiger partial charge in [0, 0.05) is 10.5 Å². The number of aryl methyl sites for hydroxylation is 1. The third-order valence-corrected chi connectivity index (χ3v) is 4.35. The van der Waals surface area contributed by atoms with Crippen LogP contribution in [0.2, 0.25) is 0 Å². The Morgan fingerprint density at radius 2 is 1.95 bits per heavy atom. The Bertz CT molecular complexity index is 415. The third-order valence-electron chi connectivity index (χ3n) is 3.51. The molecule has 0 radical (unpaired) electrons. The number of aromatic nitrogens is 1. The maximum absolute atomic E-state index is 5.87. The number of halogens is 1. The lowest BCUT2D eigenvalue weighted by atomic mass is 9.93. The SMILES string of the molecule is Cc1nc(NC2CCC(OC(C)C)CC2)ccc1Br. The van der Waals surface area contributed by atoms with Gasteiger partial charge in [0.1, 0.15) is 5.82 Å². The Hall–Kier alpha value is -0.610. The van der Waals surface area contributed by atoms with Crippen molar-refractivity contribution in [2.75, 3.05) is 5.32 Å². The number of hydrogen-bond acceptors (Lipinski definition) is 3. The summed E-state index contributed by atoms with van der Waals surface area (Å²) in [4.78, 5) is 4.54. The Balaban J connectivity index is 1.83. The fourth-order valence-corrected chi connectivity index (χ4v) is 2.78. The fraction of sp³-hybridized carbons (Fsp3) is 0.667. The number of ether oxygens (including phenoxy) is 1. The molecule has 106 valence electrons. The van der Waals surface area contributed by atoms with Gasteiger partial charge in [0.05, 0.1) is 17.9 Å². The van der Waals surface area contributed by atoms with Gasteiger partial charge >= 0.3 is 0 Å². The van der Waals surface area contributed by atoms with Crippen molar-refractivity contribution in [3.05, 3.63) is 22.3 Å². The van der Waals surface area contributed by atoms with E-state index in [1.165, 1.54) is 0 Å². The van der Waals surface area contributed by atoms with Crippen molar-refractivity contribution >= 4 is 21.7 Å². The third kappa shape index (κ3) is 4.46. The van der Waals surface area contributed by atoms with Crippen molar-refractivity contribution in [3.8, 4) is 0 Å². The summed E-state index contributed by atoms with van der Waals surface area (Å²) in [5.74, 6) is 0.980. The Morgan fingerprint density at radius 3 is 2.53 bits per heavy atom. The van der Waals surface area contributed by atoms with Crippen LogP contribution in [0.4, 0.5) is 5.82 Å². The van der Waals surface area contributed by atoms with E-state index in [1.54, 1.807) is 0 Å². The van der Waals surface area contributed by atoms with Crippen LogP contribution >= 0.6 is 15.9 Å². The zero-order valence-corrected chi connectivity index (χ0v) is 13.5. The van der Waals surface area contributed by atoms with Gasteiger partial charge in [-0.25, -0.2) is 4.98 Å². The predicted octanol–water partition coefficient (Wildman–Crippen LogP) is 4.30. The number of nitrogens with zero attached hydrogens (tertiary/aromatic N) is 1. The van der Waals surface area contributed by atoms with E-state index in [2.05, 4.69) is 46.1 Å². The smallest absolute Gasteiger partial charge is 0.126 e. The highest BCUT2D eigenvalue weighted by molar-refractivity contribution is 9.10. The van der Waals surface area contributed by atoms with E-state index in [4.69, 9.17) is 4.74 Å². The van der Waals surface area contributed by atoms with Crippen molar-refractivity contribution < 1.29 is 4.74 Å². The summed E-state index contributed by atoms with van der Waals surface area (Å²) in [6, 6.07) is 4.62. The summed E-state index contributed by atoms with van der Waals surface area (Å²) in [5.41, 5.74) is 1.03. The molecular weight excluding hydrogens is 304 g/mol. The number of anilines is 1. The van der Waals surface area contributed by atoms with Gasteiger partial charge in [-0.15, -0.1) is 0 Å². The van der Waals surface area contributed by atoms with Crippen LogP contribution in [-0.4, -0.2) is 23.2 Å². The van der Waals surface area contributed by atoms with E-state index in [1.807, 2.05) is 13.0 Å². The minimum Gasteiger partial charge on any atom is -0.376 e. The van der Waals surface area contributed by atoms with Gasteiger partial charge < -0.3 is 10.1 Å². The highest BCUT2D eigenvalue weighted by Gasteiger charge is 2.22. The number of hydrogen-bond donors (Lipinski definition) is 1. The first-order chi connectivity index (χ1) is 9.04. The highest BCUT2D eigenvalue weighted by atomic mass is 79.9. The van der Waals surface area contributed by atoms with Gasteiger partial charge in [-0.3, -0.25) is 0 Å². The van der Waals surface area contributed by atoms with Gasteiger partial charge in [-0.2, -0.15) is 0 Å². The Kier molecular flexibility index (Phi) is 5.22. The van der Waals surface area contributed by atoms with Crippen molar-refractivity contribution in [2.45, 2.75) is 64.7 Å². The molecule has 0 aromatic carbocycles. The molecule has 1 fully saturated rings. The summed E-state index contributed by atoms with van der Waals surface area (Å²) in [6.45, 7) is 6.24. The Labute approximate surface area is 124 Å². The molecule has 0 aliphatic heterocycles. The maximum Gasteiger partial charge on any atom is 0.126 e. The molecule has 0 saturated heterocycles. The van der Waals surface area contributed by atoms with Crippen molar-refractivity contribution in [1.82, 2.24) is 4.98 Å². The number of nitrogens with one attached hydrogen (secondary N) is 1. The zero-order valence-electron chi connectivity index (χ0n) is 11.9. The zero-order chi connectivity index (χ0) is 13.8. The van der Waals surface area contributed by atoms with Gasteiger partial charge in [0.25, 0.3) is 0 Å². The molecule has 1 N–H and O–H groups in total. The molecule has 0 bridgehead atoms. The number of pyridine rings is 1. The van der Waals surface area contributed by atoms with Crippen LogP contribution in [0.15, 0.2) is 16.6 Å². The van der Waals surface area contributed by atoms with E-state index in [0.29, 0.717) is 18.2 Å². The van der Waals surface area contributed by atoms with Crippen LogP contribution in [0.3, 0.4) is 0 Å². The summed E-state index contributed by atoms with van der Waals surface area (Å²) in [7, 11) is 0. The molecule has 1 heterocycles. The highest BCUT2D eigenvalue weighted by Crippen LogP contribution is 2.25. The first-order valence-corrected chi connectivity index (χ1v) is 7.89. The van der Waals surface area contributed by atoms with Crippen LogP contribution in [0, 0.1) is 6.92 Å². The first-order valence-electron chi connectivity index (χ1n) is 7.09. The molecule has 19 heavy (non-hydrogen) atoms. The van der Waals surface area contributed by atoms with Crippen LogP contribution in [0.5, 0.6) is 0 Å². The average Bonchev–Trinajstić information content (AvgIpc) is 2.36. The van der Waals surface area contributed by atoms with Crippen molar-refractivity contribution in [2.24, 2.45) is 0 Å². The van der Waals surface area contributed by atoms with Crippen molar-refractivity contribution in [1.29, 1.82) is 0 Å². The molecule has 0 atom stereocenters. The fourth-order valence-electron chi connectivity index (χ4n) is 2.56. The van der Waals surface area contributed by atoms with Crippen LogP contribution in [0.25, 0.3) is 0 Å². The Morgan fingerprint density at radius 1 is 1.26 bits per heavy atom. The topological polar surface area (TPSA) is 34.2 Å². The molecule has 1 saturated carbocycles. The molecular formula is C15H23BrN2O. The van der Waals surface area contributed by atoms with Crippen molar-refractivity contribution in [3.63, 3.8) is 0 Å². The van der Waals surface area contributed by atoms with E-state index >= 15 is 0 Å².